The summed E-state index contributed by atoms with van der Waals surface area (Å²) in [5, 5.41) is 8.84. The number of rotatable bonds is 5. The molecule has 27 heavy (non-hydrogen) atoms. The average Bonchev–Trinajstić information content (AvgIpc) is 2.94. The smallest absolute Gasteiger partial charge is 0.266 e. The molecule has 0 atom stereocenters. The van der Waals surface area contributed by atoms with Crippen LogP contribution in [0.4, 0.5) is 0 Å². The normalized spacial score (nSPS) is 10.8. The van der Waals surface area contributed by atoms with Crippen LogP contribution in [0.3, 0.4) is 0 Å². The van der Waals surface area contributed by atoms with E-state index in [9.17, 15) is 9.59 Å². The Hall–Kier alpha value is -2.22. The van der Waals surface area contributed by atoms with Crippen LogP contribution in [0.5, 0.6) is 0 Å². The standard InChI is InChI=1S/C18H16Cl2N4O2S/c1-10-17(27-11(2)22-10)15-3-4-16(25)24(23-15)6-5-21-18(26)12-7-13(19)9-14(20)8-12/h3-4,7-9H,5-6H2,1-2H3,(H,21,26). The van der Waals surface area contributed by atoms with Crippen LogP contribution in [0.1, 0.15) is 21.1 Å². The monoisotopic (exact) mass is 422 g/mol. The summed E-state index contributed by atoms with van der Waals surface area (Å²) in [6.07, 6.45) is 0. The molecule has 0 fully saturated rings. The summed E-state index contributed by atoms with van der Waals surface area (Å²) in [5.41, 5.74) is 1.68. The van der Waals surface area contributed by atoms with Gasteiger partial charge in [-0.3, -0.25) is 9.59 Å². The molecule has 0 aliphatic heterocycles. The van der Waals surface area contributed by atoms with Gasteiger partial charge in [-0.05, 0) is 38.1 Å². The molecule has 0 bridgehead atoms. The summed E-state index contributed by atoms with van der Waals surface area (Å²) in [6, 6.07) is 7.77. The SMILES string of the molecule is Cc1nc(C)c(-c2ccc(=O)n(CCNC(=O)c3cc(Cl)cc(Cl)c3)n2)s1. The lowest BCUT2D eigenvalue weighted by atomic mass is 10.2. The number of carbonyl (C=O) groups excluding carboxylic acids is 1. The van der Waals surface area contributed by atoms with Gasteiger partial charge in [0.05, 0.1) is 22.1 Å². The molecule has 0 unspecified atom stereocenters. The first-order valence-corrected chi connectivity index (χ1v) is 9.67. The van der Waals surface area contributed by atoms with Crippen molar-refractivity contribution in [3.8, 4) is 10.6 Å². The van der Waals surface area contributed by atoms with Crippen molar-refractivity contribution in [2.45, 2.75) is 20.4 Å². The summed E-state index contributed by atoms with van der Waals surface area (Å²) in [7, 11) is 0. The molecule has 3 aromatic rings. The van der Waals surface area contributed by atoms with Crippen molar-refractivity contribution in [2.75, 3.05) is 6.54 Å². The molecule has 0 radical (unpaired) electrons. The van der Waals surface area contributed by atoms with Crippen LogP contribution in [-0.2, 0) is 6.54 Å². The van der Waals surface area contributed by atoms with Gasteiger partial charge < -0.3 is 5.32 Å². The number of nitrogens with one attached hydrogen (secondary N) is 1. The Morgan fingerprint density at radius 2 is 1.89 bits per heavy atom. The molecule has 0 spiro atoms. The van der Waals surface area contributed by atoms with Crippen LogP contribution < -0.4 is 10.9 Å². The third-order valence-electron chi connectivity index (χ3n) is 3.74. The first-order valence-electron chi connectivity index (χ1n) is 8.10. The van der Waals surface area contributed by atoms with Crippen molar-refractivity contribution >= 4 is 40.4 Å². The third-order valence-corrected chi connectivity index (χ3v) is 5.27. The number of hydrogen-bond donors (Lipinski definition) is 1. The number of benzene rings is 1. The molecule has 0 saturated carbocycles. The van der Waals surface area contributed by atoms with E-state index in [1.807, 2.05) is 13.8 Å². The molecule has 140 valence electrons. The van der Waals surface area contributed by atoms with Crippen molar-refractivity contribution in [1.82, 2.24) is 20.1 Å². The van der Waals surface area contributed by atoms with Crippen LogP contribution in [-0.4, -0.2) is 27.2 Å². The Kier molecular flexibility index (Phi) is 5.94. The molecule has 9 heteroatoms. The van der Waals surface area contributed by atoms with Gasteiger partial charge in [0.2, 0.25) is 0 Å². The lowest BCUT2D eigenvalue weighted by Crippen LogP contribution is -2.31. The molecule has 6 nitrogen and oxygen atoms in total. The minimum atomic E-state index is -0.322. The number of aromatic nitrogens is 3. The van der Waals surface area contributed by atoms with Gasteiger partial charge in [-0.2, -0.15) is 5.10 Å². The molecule has 1 aromatic carbocycles. The van der Waals surface area contributed by atoms with Crippen molar-refractivity contribution in [2.24, 2.45) is 0 Å². The van der Waals surface area contributed by atoms with Crippen molar-refractivity contribution in [3.63, 3.8) is 0 Å². The Morgan fingerprint density at radius 3 is 2.52 bits per heavy atom. The quantitative estimate of drug-likeness (QED) is 0.679. The number of nitrogens with zero attached hydrogens (tertiary/aromatic N) is 3. The predicted octanol–water partition coefficient (Wildman–Crippen LogP) is 3.72. The summed E-state index contributed by atoms with van der Waals surface area (Å²) in [5.74, 6) is -0.322. The van der Waals surface area contributed by atoms with E-state index in [0.29, 0.717) is 21.3 Å². The maximum atomic E-state index is 12.2. The average molecular weight is 423 g/mol. The molecule has 2 heterocycles. The second-order valence-electron chi connectivity index (χ2n) is 5.84. The van der Waals surface area contributed by atoms with E-state index in [2.05, 4.69) is 15.4 Å². The van der Waals surface area contributed by atoms with E-state index >= 15 is 0 Å². The summed E-state index contributed by atoms with van der Waals surface area (Å²) >= 11 is 13.3. The highest BCUT2D eigenvalue weighted by molar-refractivity contribution is 7.15. The summed E-state index contributed by atoms with van der Waals surface area (Å²) < 4.78 is 1.33. The Morgan fingerprint density at radius 1 is 1.19 bits per heavy atom. The topological polar surface area (TPSA) is 76.9 Å². The number of halogens is 2. The minimum Gasteiger partial charge on any atom is -0.350 e. The summed E-state index contributed by atoms with van der Waals surface area (Å²) in [6.45, 7) is 4.31. The highest BCUT2D eigenvalue weighted by Gasteiger charge is 2.11. The van der Waals surface area contributed by atoms with Gasteiger partial charge in [-0.1, -0.05) is 23.2 Å². The molecule has 0 aliphatic carbocycles. The zero-order valence-corrected chi connectivity index (χ0v) is 17.0. The van der Waals surface area contributed by atoms with Crippen molar-refractivity contribution < 1.29 is 4.79 Å². The molecule has 0 saturated heterocycles. The predicted molar refractivity (Wildman–Crippen MR) is 108 cm³/mol. The van der Waals surface area contributed by atoms with E-state index < -0.39 is 0 Å². The van der Waals surface area contributed by atoms with Gasteiger partial charge in [0.25, 0.3) is 11.5 Å². The Bertz CT molecular complexity index is 1040. The van der Waals surface area contributed by atoms with Gasteiger partial charge in [0.15, 0.2) is 0 Å². The highest BCUT2D eigenvalue weighted by Crippen LogP contribution is 2.27. The van der Waals surface area contributed by atoms with Gasteiger partial charge >= 0.3 is 0 Å². The number of carbonyl (C=O) groups is 1. The van der Waals surface area contributed by atoms with E-state index in [4.69, 9.17) is 23.2 Å². The summed E-state index contributed by atoms with van der Waals surface area (Å²) in [4.78, 5) is 29.6. The van der Waals surface area contributed by atoms with Crippen LogP contribution in [0.25, 0.3) is 10.6 Å². The fraction of sp³-hybridized carbons (Fsp3) is 0.222. The van der Waals surface area contributed by atoms with E-state index in [1.54, 1.807) is 12.1 Å². The van der Waals surface area contributed by atoms with Crippen LogP contribution >= 0.6 is 34.5 Å². The highest BCUT2D eigenvalue weighted by atomic mass is 35.5. The zero-order chi connectivity index (χ0) is 19.6. The fourth-order valence-corrected chi connectivity index (χ4v) is 3.97. The minimum absolute atomic E-state index is 0.236. The molecular formula is C18H16Cl2N4O2S. The van der Waals surface area contributed by atoms with Gasteiger partial charge in [-0.25, -0.2) is 9.67 Å². The number of thiazole rings is 1. The lowest BCUT2D eigenvalue weighted by molar-refractivity contribution is 0.0951. The first kappa shape index (κ1) is 19.5. The van der Waals surface area contributed by atoms with Crippen LogP contribution in [0.15, 0.2) is 35.1 Å². The molecular weight excluding hydrogens is 407 g/mol. The van der Waals surface area contributed by atoms with E-state index in [1.165, 1.54) is 34.2 Å². The fourth-order valence-electron chi connectivity index (χ4n) is 2.56. The van der Waals surface area contributed by atoms with E-state index in [0.717, 1.165) is 15.6 Å². The first-order chi connectivity index (χ1) is 12.8. The van der Waals surface area contributed by atoms with Gasteiger partial charge in [0.1, 0.15) is 5.69 Å². The van der Waals surface area contributed by atoms with E-state index in [-0.39, 0.29) is 24.6 Å². The maximum Gasteiger partial charge on any atom is 0.266 e. The maximum absolute atomic E-state index is 12.2. The van der Waals surface area contributed by atoms with Crippen LogP contribution in [0, 0.1) is 13.8 Å². The molecule has 0 aliphatic rings. The van der Waals surface area contributed by atoms with Crippen molar-refractivity contribution in [1.29, 1.82) is 0 Å². The lowest BCUT2D eigenvalue weighted by Gasteiger charge is -2.09. The van der Waals surface area contributed by atoms with Crippen LogP contribution in [0.2, 0.25) is 10.0 Å². The Balaban J connectivity index is 1.71. The number of hydrogen-bond acceptors (Lipinski definition) is 5. The molecule has 2 aromatic heterocycles. The van der Waals surface area contributed by atoms with Crippen molar-refractivity contribution in [3.05, 3.63) is 67.0 Å². The second kappa shape index (κ2) is 8.21. The number of amides is 1. The number of aryl methyl sites for hydroxylation is 2. The Labute approximate surface area is 169 Å². The van der Waals surface area contributed by atoms with Gasteiger partial charge in [-0.15, -0.1) is 11.3 Å². The van der Waals surface area contributed by atoms with Gasteiger partial charge in [0, 0.05) is 28.2 Å². The largest absolute Gasteiger partial charge is 0.350 e. The zero-order valence-electron chi connectivity index (χ0n) is 14.6. The third kappa shape index (κ3) is 4.74. The molecule has 1 amide bonds. The molecule has 1 N–H and O–H groups in total. The molecule has 3 rings (SSSR count). The second-order valence-corrected chi connectivity index (χ2v) is 7.92.